The zero-order chi connectivity index (χ0) is 14.4. The van der Waals surface area contributed by atoms with E-state index in [1.54, 1.807) is 0 Å². The Balaban J connectivity index is 2.29. The normalized spacial score (nSPS) is 20.9. The van der Waals surface area contributed by atoms with E-state index in [1.165, 1.54) is 12.8 Å². The highest BCUT2D eigenvalue weighted by atomic mass is 16.2. The molecule has 0 aromatic carbocycles. The molecule has 1 fully saturated rings. The van der Waals surface area contributed by atoms with Gasteiger partial charge in [0.1, 0.15) is 0 Å². The molecule has 19 heavy (non-hydrogen) atoms. The molecule has 1 aliphatic rings. The first-order valence-corrected chi connectivity index (χ1v) is 7.88. The molecule has 112 valence electrons. The molecule has 1 heterocycles. The molecule has 0 spiro atoms. The van der Waals surface area contributed by atoms with Gasteiger partial charge in [-0.05, 0) is 52.0 Å². The van der Waals surface area contributed by atoms with Crippen LogP contribution in [0.4, 0.5) is 0 Å². The van der Waals surface area contributed by atoms with Crippen molar-refractivity contribution < 1.29 is 4.79 Å². The summed E-state index contributed by atoms with van der Waals surface area (Å²) in [6.45, 7) is 11.9. The number of amides is 1. The second kappa shape index (κ2) is 7.88. The summed E-state index contributed by atoms with van der Waals surface area (Å²) in [7, 11) is 2.16. The standard InChI is InChI=1S/C16H32N2O/c1-13(2)7-6-9-18-10-8-15(11-16(18)19)12-17(5)14(3)4/h13-15H,6-12H2,1-5H3. The molecule has 0 bridgehead atoms. The van der Waals surface area contributed by atoms with E-state index in [4.69, 9.17) is 0 Å². The lowest BCUT2D eigenvalue weighted by Crippen LogP contribution is -2.43. The molecule has 1 unspecified atom stereocenters. The van der Waals surface area contributed by atoms with Crippen LogP contribution in [0.1, 0.15) is 53.4 Å². The van der Waals surface area contributed by atoms with Gasteiger partial charge < -0.3 is 9.80 Å². The van der Waals surface area contributed by atoms with E-state index in [9.17, 15) is 4.79 Å². The number of piperidine rings is 1. The van der Waals surface area contributed by atoms with Crippen LogP contribution in [0.15, 0.2) is 0 Å². The Labute approximate surface area is 119 Å². The number of rotatable bonds is 7. The van der Waals surface area contributed by atoms with Gasteiger partial charge in [0.05, 0.1) is 0 Å². The van der Waals surface area contributed by atoms with Crippen molar-refractivity contribution in [1.82, 2.24) is 9.80 Å². The molecule has 3 nitrogen and oxygen atoms in total. The van der Waals surface area contributed by atoms with Gasteiger partial charge >= 0.3 is 0 Å². The fourth-order valence-corrected chi connectivity index (χ4v) is 2.64. The lowest BCUT2D eigenvalue weighted by Gasteiger charge is -2.34. The molecular weight excluding hydrogens is 236 g/mol. The van der Waals surface area contributed by atoms with Crippen LogP contribution < -0.4 is 0 Å². The molecule has 0 N–H and O–H groups in total. The van der Waals surface area contributed by atoms with E-state index in [-0.39, 0.29) is 0 Å². The SMILES string of the molecule is CC(C)CCCN1CCC(CN(C)C(C)C)CC1=O. The number of carbonyl (C=O) groups is 1. The van der Waals surface area contributed by atoms with E-state index in [1.807, 2.05) is 0 Å². The topological polar surface area (TPSA) is 23.6 Å². The Bertz CT molecular complexity index is 276. The highest BCUT2D eigenvalue weighted by Gasteiger charge is 2.26. The van der Waals surface area contributed by atoms with Gasteiger partial charge in [0.25, 0.3) is 0 Å². The van der Waals surface area contributed by atoms with Gasteiger partial charge in [-0.1, -0.05) is 13.8 Å². The third kappa shape index (κ3) is 5.94. The van der Waals surface area contributed by atoms with E-state index >= 15 is 0 Å². The summed E-state index contributed by atoms with van der Waals surface area (Å²) in [4.78, 5) is 16.6. The van der Waals surface area contributed by atoms with Gasteiger partial charge in [-0.3, -0.25) is 4.79 Å². The third-order valence-corrected chi connectivity index (χ3v) is 4.26. The first-order valence-electron chi connectivity index (χ1n) is 7.88. The lowest BCUT2D eigenvalue weighted by atomic mass is 9.95. The first-order chi connectivity index (χ1) is 8.90. The Morgan fingerprint density at radius 3 is 2.53 bits per heavy atom. The van der Waals surface area contributed by atoms with Crippen LogP contribution in [0.2, 0.25) is 0 Å². The van der Waals surface area contributed by atoms with Gasteiger partial charge in [0.2, 0.25) is 5.91 Å². The third-order valence-electron chi connectivity index (χ3n) is 4.26. The molecule has 1 rings (SSSR count). The van der Waals surface area contributed by atoms with Crippen LogP contribution in [-0.4, -0.2) is 48.4 Å². The van der Waals surface area contributed by atoms with Crippen molar-refractivity contribution in [2.24, 2.45) is 11.8 Å². The summed E-state index contributed by atoms with van der Waals surface area (Å²) < 4.78 is 0. The second-order valence-electron chi connectivity index (χ2n) is 6.81. The van der Waals surface area contributed by atoms with Crippen molar-refractivity contribution in [3.8, 4) is 0 Å². The summed E-state index contributed by atoms with van der Waals surface area (Å²) in [5.41, 5.74) is 0. The minimum atomic E-state index is 0.372. The minimum absolute atomic E-state index is 0.372. The summed E-state index contributed by atoms with van der Waals surface area (Å²) in [5.74, 6) is 1.67. The minimum Gasteiger partial charge on any atom is -0.343 e. The van der Waals surface area contributed by atoms with Crippen molar-refractivity contribution in [1.29, 1.82) is 0 Å². The van der Waals surface area contributed by atoms with Crippen molar-refractivity contribution in [3.63, 3.8) is 0 Å². The predicted molar refractivity (Wildman–Crippen MR) is 81.1 cm³/mol. The Morgan fingerprint density at radius 2 is 2.00 bits per heavy atom. The van der Waals surface area contributed by atoms with Crippen LogP contribution in [0.3, 0.4) is 0 Å². The highest BCUT2D eigenvalue weighted by molar-refractivity contribution is 5.77. The maximum Gasteiger partial charge on any atom is 0.222 e. The van der Waals surface area contributed by atoms with Gasteiger partial charge in [0, 0.05) is 32.1 Å². The quantitative estimate of drug-likeness (QED) is 0.708. The van der Waals surface area contributed by atoms with Crippen molar-refractivity contribution in [3.05, 3.63) is 0 Å². The molecule has 1 aliphatic heterocycles. The summed E-state index contributed by atoms with van der Waals surface area (Å²) in [5, 5.41) is 0. The van der Waals surface area contributed by atoms with E-state index in [2.05, 4.69) is 44.5 Å². The maximum atomic E-state index is 12.1. The number of carbonyl (C=O) groups excluding carboxylic acids is 1. The molecule has 0 saturated carbocycles. The number of nitrogens with zero attached hydrogens (tertiary/aromatic N) is 2. The van der Waals surface area contributed by atoms with Crippen LogP contribution in [0.25, 0.3) is 0 Å². The average Bonchev–Trinajstić information content (AvgIpc) is 2.31. The van der Waals surface area contributed by atoms with Crippen molar-refractivity contribution in [2.75, 3.05) is 26.7 Å². The Kier molecular flexibility index (Phi) is 6.84. The van der Waals surface area contributed by atoms with Crippen LogP contribution in [0, 0.1) is 11.8 Å². The molecule has 0 aromatic rings. The second-order valence-corrected chi connectivity index (χ2v) is 6.81. The molecule has 1 saturated heterocycles. The number of hydrogen-bond acceptors (Lipinski definition) is 2. The summed E-state index contributed by atoms with van der Waals surface area (Å²) in [6.07, 6.45) is 4.30. The fraction of sp³-hybridized carbons (Fsp3) is 0.938. The van der Waals surface area contributed by atoms with Crippen LogP contribution in [-0.2, 0) is 4.79 Å². The van der Waals surface area contributed by atoms with E-state index < -0.39 is 0 Å². The van der Waals surface area contributed by atoms with Gasteiger partial charge in [0.15, 0.2) is 0 Å². The summed E-state index contributed by atoms with van der Waals surface area (Å²) >= 11 is 0. The van der Waals surface area contributed by atoms with Gasteiger partial charge in [-0.25, -0.2) is 0 Å². The van der Waals surface area contributed by atoms with E-state index in [0.29, 0.717) is 17.9 Å². The smallest absolute Gasteiger partial charge is 0.222 e. The lowest BCUT2D eigenvalue weighted by molar-refractivity contribution is -0.135. The highest BCUT2D eigenvalue weighted by Crippen LogP contribution is 2.20. The molecule has 0 aromatic heterocycles. The average molecular weight is 268 g/mol. The van der Waals surface area contributed by atoms with Crippen LogP contribution in [0.5, 0.6) is 0 Å². The van der Waals surface area contributed by atoms with E-state index in [0.717, 1.165) is 38.4 Å². The first kappa shape index (κ1) is 16.5. The predicted octanol–water partition coefficient (Wildman–Crippen LogP) is 3.00. The van der Waals surface area contributed by atoms with Crippen molar-refractivity contribution in [2.45, 2.75) is 59.4 Å². The zero-order valence-electron chi connectivity index (χ0n) is 13.5. The zero-order valence-corrected chi connectivity index (χ0v) is 13.5. The molecule has 0 aliphatic carbocycles. The monoisotopic (exact) mass is 268 g/mol. The largest absolute Gasteiger partial charge is 0.343 e. The molecule has 1 atom stereocenters. The number of hydrogen-bond donors (Lipinski definition) is 0. The van der Waals surface area contributed by atoms with Crippen LogP contribution >= 0.6 is 0 Å². The van der Waals surface area contributed by atoms with Crippen molar-refractivity contribution >= 4 is 5.91 Å². The maximum absolute atomic E-state index is 12.1. The molecule has 0 radical (unpaired) electrons. The molecular formula is C16H32N2O. The van der Waals surface area contributed by atoms with Gasteiger partial charge in [-0.2, -0.15) is 0 Å². The Morgan fingerprint density at radius 1 is 1.32 bits per heavy atom. The molecule has 1 amide bonds. The fourth-order valence-electron chi connectivity index (χ4n) is 2.64. The summed E-state index contributed by atoms with van der Waals surface area (Å²) in [6, 6.07) is 0.569. The van der Waals surface area contributed by atoms with Gasteiger partial charge in [-0.15, -0.1) is 0 Å². The molecule has 3 heteroatoms. The Hall–Kier alpha value is -0.570. The number of likely N-dealkylation sites (tertiary alicyclic amines) is 1.